The Morgan fingerprint density at radius 1 is 0.809 bits per heavy atom. The number of phenolic OH excluding ortho intramolecular Hbond substituents is 1. The van der Waals surface area contributed by atoms with Crippen molar-refractivity contribution in [2.75, 3.05) is 41.0 Å². The number of rotatable bonds is 4. The summed E-state index contributed by atoms with van der Waals surface area (Å²) in [7, 11) is 0. The molecule has 0 spiro atoms. The van der Waals surface area contributed by atoms with Crippen LogP contribution in [0.3, 0.4) is 0 Å². The van der Waals surface area contributed by atoms with Crippen LogP contribution in [0.4, 0.5) is 17.1 Å². The topological polar surface area (TPSA) is 107 Å². The Morgan fingerprint density at radius 3 is 2.21 bits per heavy atom. The van der Waals surface area contributed by atoms with E-state index < -0.39 is 35.0 Å². The lowest BCUT2D eigenvalue weighted by atomic mass is 9.51. The van der Waals surface area contributed by atoms with Gasteiger partial charge in [-0.3, -0.25) is 24.1 Å². The Morgan fingerprint density at radius 2 is 1.49 bits per heavy atom. The molecule has 5 aliphatic rings. The van der Waals surface area contributed by atoms with E-state index in [1.54, 1.807) is 43.3 Å². The van der Waals surface area contributed by atoms with Gasteiger partial charge in [0, 0.05) is 35.3 Å². The first-order chi connectivity index (χ1) is 22.7. The van der Waals surface area contributed by atoms with E-state index in [9.17, 15) is 24.3 Å². The number of halogens is 1. The maximum Gasteiger partial charge on any atom is 0.241 e. The molecule has 3 aliphatic heterocycles. The summed E-state index contributed by atoms with van der Waals surface area (Å²) < 4.78 is 5.47. The molecule has 3 heterocycles. The molecule has 0 radical (unpaired) electrons. The standard InChI is InChI=1S/C37H34ClN3O6/c1-37-29(34(44)41(36(37)46)23-5-3-2-4-6-23)20-27-25(32(37)28-19-21(38)7-14-30(28)42)12-13-26-31(27)35(45)40(33(26)43)24-10-8-22(9-11-24)39-15-17-47-18-16-39/h2-12,14,19,26-27,29,31-32,42H,13,15-18,20H2,1H3. The second-order valence-corrected chi connectivity index (χ2v) is 13.8. The number of nitrogens with zero attached hydrogens (tertiary/aromatic N) is 3. The Bertz CT molecular complexity index is 1840. The first kappa shape index (κ1) is 29.9. The van der Waals surface area contributed by atoms with Crippen LogP contribution in [0.25, 0.3) is 0 Å². The SMILES string of the molecule is CC12C(=O)N(c3ccccc3)C(=O)C1CC1C(=CCC3C(=O)N(c4ccc(N5CCOCC5)cc4)C(=O)C31)C2c1cc(Cl)ccc1O. The number of phenols is 1. The fraction of sp³-hybridized carbons (Fsp3) is 0.351. The lowest BCUT2D eigenvalue weighted by molar-refractivity contribution is -0.131. The normalized spacial score (nSPS) is 30.3. The van der Waals surface area contributed by atoms with Crippen molar-refractivity contribution in [1.82, 2.24) is 0 Å². The fourth-order valence-corrected chi connectivity index (χ4v) is 9.01. The van der Waals surface area contributed by atoms with Crippen molar-refractivity contribution in [3.63, 3.8) is 0 Å². The molecule has 3 aromatic rings. The maximum atomic E-state index is 14.5. The summed E-state index contributed by atoms with van der Waals surface area (Å²) in [6.45, 7) is 4.63. The molecule has 10 heteroatoms. The summed E-state index contributed by atoms with van der Waals surface area (Å²) in [4.78, 5) is 61.8. The van der Waals surface area contributed by atoms with Gasteiger partial charge in [-0.05, 0) is 80.3 Å². The average Bonchev–Trinajstić information content (AvgIpc) is 3.46. The first-order valence-electron chi connectivity index (χ1n) is 16.1. The summed E-state index contributed by atoms with van der Waals surface area (Å²) in [5.74, 6) is -4.62. The minimum absolute atomic E-state index is 0.0442. The number of ether oxygens (including phenoxy) is 1. The van der Waals surface area contributed by atoms with E-state index >= 15 is 0 Å². The third-order valence-corrected chi connectivity index (χ3v) is 11.3. The second-order valence-electron chi connectivity index (χ2n) is 13.3. The number of carbonyl (C=O) groups is 4. The largest absolute Gasteiger partial charge is 0.508 e. The van der Waals surface area contributed by atoms with Crippen molar-refractivity contribution in [3.05, 3.63) is 95.0 Å². The van der Waals surface area contributed by atoms with Crippen LogP contribution < -0.4 is 14.7 Å². The molecule has 6 atom stereocenters. The monoisotopic (exact) mass is 651 g/mol. The van der Waals surface area contributed by atoms with E-state index in [2.05, 4.69) is 4.90 Å². The molecule has 1 N–H and O–H groups in total. The molecule has 3 saturated heterocycles. The highest BCUT2D eigenvalue weighted by atomic mass is 35.5. The molecule has 47 heavy (non-hydrogen) atoms. The Labute approximate surface area is 277 Å². The first-order valence-corrected chi connectivity index (χ1v) is 16.5. The van der Waals surface area contributed by atoms with E-state index in [4.69, 9.17) is 16.3 Å². The number of benzene rings is 3. The molecular weight excluding hydrogens is 618 g/mol. The van der Waals surface area contributed by atoms with Gasteiger partial charge in [-0.25, -0.2) is 4.90 Å². The van der Waals surface area contributed by atoms with Crippen LogP contribution in [0.5, 0.6) is 5.75 Å². The lowest BCUT2D eigenvalue weighted by Gasteiger charge is -2.49. The van der Waals surface area contributed by atoms with Crippen molar-refractivity contribution in [3.8, 4) is 5.75 Å². The van der Waals surface area contributed by atoms with Crippen molar-refractivity contribution < 1.29 is 29.0 Å². The van der Waals surface area contributed by atoms with Crippen molar-refractivity contribution in [1.29, 1.82) is 0 Å². The van der Waals surface area contributed by atoms with E-state index in [1.165, 1.54) is 15.9 Å². The molecule has 1 saturated carbocycles. The number of hydrogen-bond acceptors (Lipinski definition) is 7. The van der Waals surface area contributed by atoms with E-state index in [-0.39, 0.29) is 35.8 Å². The van der Waals surface area contributed by atoms with E-state index in [1.807, 2.05) is 36.4 Å². The highest BCUT2D eigenvalue weighted by molar-refractivity contribution is 6.30. The van der Waals surface area contributed by atoms with Gasteiger partial charge in [0.05, 0.1) is 47.8 Å². The van der Waals surface area contributed by atoms with Gasteiger partial charge in [-0.15, -0.1) is 0 Å². The number of fused-ring (bicyclic) bond motifs is 4. The average molecular weight is 652 g/mol. The lowest BCUT2D eigenvalue weighted by Crippen LogP contribution is -2.48. The van der Waals surface area contributed by atoms with Gasteiger partial charge < -0.3 is 14.7 Å². The fourth-order valence-electron chi connectivity index (χ4n) is 8.83. The van der Waals surface area contributed by atoms with E-state index in [0.29, 0.717) is 41.6 Å². The number of carbonyl (C=O) groups excluding carboxylic acids is 4. The Balaban J connectivity index is 1.20. The summed E-state index contributed by atoms with van der Waals surface area (Å²) in [5, 5.41) is 11.6. The van der Waals surface area contributed by atoms with Gasteiger partial charge in [-0.1, -0.05) is 41.4 Å². The number of imide groups is 2. The third kappa shape index (κ3) is 4.39. The molecule has 4 fully saturated rings. The molecule has 2 aliphatic carbocycles. The van der Waals surface area contributed by atoms with Gasteiger partial charge in [0.25, 0.3) is 0 Å². The molecular formula is C37H34ClN3O6. The number of morpholine rings is 1. The van der Waals surface area contributed by atoms with Crippen LogP contribution in [-0.2, 0) is 23.9 Å². The highest BCUT2D eigenvalue weighted by Gasteiger charge is 2.68. The van der Waals surface area contributed by atoms with Gasteiger partial charge in [0.1, 0.15) is 5.75 Å². The number of para-hydroxylation sites is 1. The number of hydrogen-bond donors (Lipinski definition) is 1. The maximum absolute atomic E-state index is 14.5. The quantitative estimate of drug-likeness (QED) is 0.301. The molecule has 8 rings (SSSR count). The summed E-state index contributed by atoms with van der Waals surface area (Å²) in [6, 6.07) is 21.0. The summed E-state index contributed by atoms with van der Waals surface area (Å²) >= 11 is 6.46. The van der Waals surface area contributed by atoms with Crippen molar-refractivity contribution in [2.24, 2.45) is 29.1 Å². The van der Waals surface area contributed by atoms with Gasteiger partial charge in [-0.2, -0.15) is 0 Å². The third-order valence-electron chi connectivity index (χ3n) is 11.1. The minimum Gasteiger partial charge on any atom is -0.508 e. The van der Waals surface area contributed by atoms with Crippen LogP contribution in [0.15, 0.2) is 84.4 Å². The van der Waals surface area contributed by atoms with Crippen LogP contribution in [0.1, 0.15) is 31.2 Å². The molecule has 0 bridgehead atoms. The summed E-state index contributed by atoms with van der Waals surface area (Å²) in [5.41, 5.74) is 1.96. The smallest absolute Gasteiger partial charge is 0.241 e. The highest BCUT2D eigenvalue weighted by Crippen LogP contribution is 2.64. The molecule has 3 aromatic carbocycles. The zero-order valence-corrected chi connectivity index (χ0v) is 26.6. The zero-order valence-electron chi connectivity index (χ0n) is 25.8. The molecule has 6 unspecified atom stereocenters. The predicted molar refractivity (Wildman–Crippen MR) is 176 cm³/mol. The van der Waals surface area contributed by atoms with Crippen LogP contribution in [0.2, 0.25) is 5.02 Å². The molecule has 240 valence electrons. The number of aromatic hydroxyl groups is 1. The molecule has 0 aromatic heterocycles. The zero-order chi connectivity index (χ0) is 32.6. The number of amides is 4. The van der Waals surface area contributed by atoms with Crippen molar-refractivity contribution >= 4 is 52.3 Å². The molecule has 4 amide bonds. The Hall–Kier alpha value is -4.47. The number of allylic oxidation sites excluding steroid dienone is 2. The molecule has 9 nitrogen and oxygen atoms in total. The number of anilines is 3. The minimum atomic E-state index is -1.26. The van der Waals surface area contributed by atoms with E-state index in [0.717, 1.165) is 24.4 Å². The van der Waals surface area contributed by atoms with Crippen molar-refractivity contribution in [2.45, 2.75) is 25.7 Å². The van der Waals surface area contributed by atoms with Crippen LogP contribution in [0, 0.1) is 29.1 Å². The van der Waals surface area contributed by atoms with Crippen LogP contribution in [-0.4, -0.2) is 55.0 Å². The van der Waals surface area contributed by atoms with Gasteiger partial charge >= 0.3 is 0 Å². The van der Waals surface area contributed by atoms with Gasteiger partial charge in [0.15, 0.2) is 0 Å². The van der Waals surface area contributed by atoms with Crippen LogP contribution >= 0.6 is 11.6 Å². The Kier molecular flexibility index (Phi) is 7.04. The summed E-state index contributed by atoms with van der Waals surface area (Å²) in [6.07, 6.45) is 2.52. The van der Waals surface area contributed by atoms with Gasteiger partial charge in [0.2, 0.25) is 23.6 Å². The second kappa shape index (κ2) is 11.1. The predicted octanol–water partition coefficient (Wildman–Crippen LogP) is 5.32.